The monoisotopic (exact) mass is 267 g/mol. The summed E-state index contributed by atoms with van der Waals surface area (Å²) in [5, 5.41) is 6.79. The van der Waals surface area contributed by atoms with Gasteiger partial charge in [-0.15, -0.1) is 0 Å². The molecule has 0 aliphatic heterocycles. The van der Waals surface area contributed by atoms with E-state index < -0.39 is 6.43 Å². The Balaban J connectivity index is 2.20. The largest absolute Gasteiger partial charge is 0.399 e. The van der Waals surface area contributed by atoms with E-state index in [-0.39, 0.29) is 5.56 Å². The number of aromatic nitrogens is 1. The Morgan fingerprint density at radius 2 is 2.11 bits per heavy atom. The molecule has 0 atom stereocenters. The van der Waals surface area contributed by atoms with E-state index in [2.05, 4.69) is 10.5 Å². The third-order valence-electron chi connectivity index (χ3n) is 2.95. The molecule has 6 heteroatoms. The van der Waals surface area contributed by atoms with E-state index in [1.165, 1.54) is 6.07 Å². The van der Waals surface area contributed by atoms with Gasteiger partial charge in [0.05, 0.1) is 5.69 Å². The van der Waals surface area contributed by atoms with Gasteiger partial charge in [-0.25, -0.2) is 8.78 Å². The molecule has 0 bridgehead atoms. The zero-order valence-electron chi connectivity index (χ0n) is 10.7. The zero-order chi connectivity index (χ0) is 14.0. The Hall–Kier alpha value is -2.11. The van der Waals surface area contributed by atoms with Crippen molar-refractivity contribution in [2.45, 2.75) is 26.8 Å². The maximum absolute atomic E-state index is 12.9. The smallest absolute Gasteiger partial charge is 0.265 e. The van der Waals surface area contributed by atoms with Crippen LogP contribution >= 0.6 is 0 Å². The van der Waals surface area contributed by atoms with Gasteiger partial charge < -0.3 is 15.6 Å². The van der Waals surface area contributed by atoms with Crippen molar-refractivity contribution in [1.82, 2.24) is 5.16 Å². The molecule has 19 heavy (non-hydrogen) atoms. The van der Waals surface area contributed by atoms with Gasteiger partial charge in [0, 0.05) is 29.0 Å². The molecule has 1 aromatic carbocycles. The van der Waals surface area contributed by atoms with Crippen LogP contribution in [0.25, 0.3) is 0 Å². The standard InChI is InChI=1S/C13H15F2N3O/c1-7-11(8(2)19-18-7)6-17-12-4-3-9(16)5-10(12)13(14)15/h3-5,13,17H,6,16H2,1-2H3. The molecule has 102 valence electrons. The van der Waals surface area contributed by atoms with Crippen LogP contribution in [0.2, 0.25) is 0 Å². The summed E-state index contributed by atoms with van der Waals surface area (Å²) in [7, 11) is 0. The van der Waals surface area contributed by atoms with Gasteiger partial charge in [0.15, 0.2) is 0 Å². The third-order valence-corrected chi connectivity index (χ3v) is 2.95. The zero-order valence-corrected chi connectivity index (χ0v) is 10.7. The molecule has 2 rings (SSSR count). The molecule has 0 saturated heterocycles. The second-order valence-electron chi connectivity index (χ2n) is 4.30. The first-order valence-electron chi connectivity index (χ1n) is 5.82. The fourth-order valence-electron chi connectivity index (χ4n) is 1.86. The summed E-state index contributed by atoms with van der Waals surface area (Å²) in [5.41, 5.74) is 7.72. The molecule has 1 aromatic heterocycles. The topological polar surface area (TPSA) is 64.1 Å². The summed E-state index contributed by atoms with van der Waals surface area (Å²) in [5.74, 6) is 0.680. The van der Waals surface area contributed by atoms with Crippen molar-refractivity contribution in [1.29, 1.82) is 0 Å². The number of anilines is 2. The second-order valence-corrected chi connectivity index (χ2v) is 4.30. The van der Waals surface area contributed by atoms with Crippen LogP contribution in [0.5, 0.6) is 0 Å². The highest BCUT2D eigenvalue weighted by Gasteiger charge is 2.14. The van der Waals surface area contributed by atoms with Crippen molar-refractivity contribution in [3.05, 3.63) is 40.8 Å². The SMILES string of the molecule is Cc1noc(C)c1CNc1ccc(N)cc1C(F)F. The molecular weight excluding hydrogens is 252 g/mol. The summed E-state index contributed by atoms with van der Waals surface area (Å²) in [6, 6.07) is 4.41. The van der Waals surface area contributed by atoms with E-state index in [1.807, 2.05) is 6.92 Å². The molecule has 3 N–H and O–H groups in total. The summed E-state index contributed by atoms with van der Waals surface area (Å²) < 4.78 is 30.8. The highest BCUT2D eigenvalue weighted by molar-refractivity contribution is 5.58. The third kappa shape index (κ3) is 2.83. The first kappa shape index (κ1) is 13.3. The molecule has 0 saturated carbocycles. The lowest BCUT2D eigenvalue weighted by molar-refractivity contribution is 0.152. The van der Waals surface area contributed by atoms with Gasteiger partial charge in [-0.2, -0.15) is 0 Å². The van der Waals surface area contributed by atoms with Crippen molar-refractivity contribution >= 4 is 11.4 Å². The van der Waals surface area contributed by atoms with E-state index in [0.717, 1.165) is 11.3 Å². The minimum atomic E-state index is -2.57. The second kappa shape index (κ2) is 5.26. The summed E-state index contributed by atoms with van der Waals surface area (Å²) in [4.78, 5) is 0. The number of rotatable bonds is 4. The minimum Gasteiger partial charge on any atom is -0.399 e. The van der Waals surface area contributed by atoms with Crippen molar-refractivity contribution in [3.8, 4) is 0 Å². The van der Waals surface area contributed by atoms with Crippen LogP contribution in [0.1, 0.15) is 29.0 Å². The Kier molecular flexibility index (Phi) is 3.69. The van der Waals surface area contributed by atoms with Crippen LogP contribution in [0.4, 0.5) is 20.2 Å². The molecule has 0 aliphatic rings. The summed E-state index contributed by atoms with van der Waals surface area (Å²) in [6.07, 6.45) is -2.57. The number of nitrogens with zero attached hydrogens (tertiary/aromatic N) is 1. The molecule has 0 radical (unpaired) electrons. The minimum absolute atomic E-state index is 0.105. The van der Waals surface area contributed by atoms with Gasteiger partial charge in [0.1, 0.15) is 5.76 Å². The van der Waals surface area contributed by atoms with Crippen molar-refractivity contribution in [3.63, 3.8) is 0 Å². The van der Waals surface area contributed by atoms with Gasteiger partial charge >= 0.3 is 0 Å². The predicted octanol–water partition coefficient (Wildman–Crippen LogP) is 3.42. The lowest BCUT2D eigenvalue weighted by Gasteiger charge is -2.12. The van der Waals surface area contributed by atoms with E-state index in [1.54, 1.807) is 19.1 Å². The van der Waals surface area contributed by atoms with E-state index in [0.29, 0.717) is 23.7 Å². The van der Waals surface area contributed by atoms with Crippen LogP contribution in [-0.2, 0) is 6.54 Å². The fraction of sp³-hybridized carbons (Fsp3) is 0.308. The molecular formula is C13H15F2N3O. The molecule has 4 nitrogen and oxygen atoms in total. The highest BCUT2D eigenvalue weighted by Crippen LogP contribution is 2.29. The maximum atomic E-state index is 12.9. The summed E-state index contributed by atoms with van der Waals surface area (Å²) >= 11 is 0. The van der Waals surface area contributed by atoms with E-state index >= 15 is 0 Å². The number of alkyl halides is 2. The molecule has 2 aromatic rings. The Morgan fingerprint density at radius 1 is 1.37 bits per heavy atom. The first-order chi connectivity index (χ1) is 8.99. The average Bonchev–Trinajstić information content (AvgIpc) is 2.68. The van der Waals surface area contributed by atoms with E-state index in [4.69, 9.17) is 10.3 Å². The molecule has 0 fully saturated rings. The fourth-order valence-corrected chi connectivity index (χ4v) is 1.86. The average molecular weight is 267 g/mol. The predicted molar refractivity (Wildman–Crippen MR) is 69.1 cm³/mol. The number of nitrogens with two attached hydrogens (primary N) is 1. The quantitative estimate of drug-likeness (QED) is 0.833. The lowest BCUT2D eigenvalue weighted by Crippen LogP contribution is -2.05. The van der Waals surface area contributed by atoms with Gasteiger partial charge in [-0.1, -0.05) is 5.16 Å². The summed E-state index contributed by atoms with van der Waals surface area (Å²) in [6.45, 7) is 3.98. The van der Waals surface area contributed by atoms with Crippen LogP contribution < -0.4 is 11.1 Å². The normalized spacial score (nSPS) is 11.0. The van der Waals surface area contributed by atoms with Gasteiger partial charge in [-0.3, -0.25) is 0 Å². The molecule has 1 heterocycles. The Bertz CT molecular complexity index is 562. The van der Waals surface area contributed by atoms with Gasteiger partial charge in [-0.05, 0) is 32.0 Å². The number of nitrogens with one attached hydrogen (secondary N) is 1. The lowest BCUT2D eigenvalue weighted by atomic mass is 10.1. The van der Waals surface area contributed by atoms with E-state index in [9.17, 15) is 8.78 Å². The van der Waals surface area contributed by atoms with Gasteiger partial charge in [0.2, 0.25) is 0 Å². The molecule has 0 spiro atoms. The van der Waals surface area contributed by atoms with Crippen LogP contribution in [0.3, 0.4) is 0 Å². The number of hydrogen-bond acceptors (Lipinski definition) is 4. The van der Waals surface area contributed by atoms with Crippen LogP contribution in [0.15, 0.2) is 22.7 Å². The van der Waals surface area contributed by atoms with Gasteiger partial charge in [0.25, 0.3) is 6.43 Å². The van der Waals surface area contributed by atoms with Crippen LogP contribution in [0, 0.1) is 13.8 Å². The van der Waals surface area contributed by atoms with Crippen LogP contribution in [-0.4, -0.2) is 5.16 Å². The Morgan fingerprint density at radius 3 is 2.68 bits per heavy atom. The number of halogens is 2. The van der Waals surface area contributed by atoms with Crippen molar-refractivity contribution in [2.24, 2.45) is 0 Å². The molecule has 0 unspecified atom stereocenters. The maximum Gasteiger partial charge on any atom is 0.265 e. The molecule has 0 amide bonds. The van der Waals surface area contributed by atoms with Crippen molar-refractivity contribution < 1.29 is 13.3 Å². The number of aryl methyl sites for hydroxylation is 2. The number of nitrogen functional groups attached to an aromatic ring is 1. The Labute approximate surface area is 109 Å². The number of benzene rings is 1. The first-order valence-corrected chi connectivity index (χ1v) is 5.82. The highest BCUT2D eigenvalue weighted by atomic mass is 19.3. The number of hydrogen-bond donors (Lipinski definition) is 2. The molecule has 0 aliphatic carbocycles. The van der Waals surface area contributed by atoms with Crippen molar-refractivity contribution in [2.75, 3.05) is 11.1 Å².